The van der Waals surface area contributed by atoms with Crippen molar-refractivity contribution in [3.05, 3.63) is 126 Å². The molecule has 7 nitrogen and oxygen atoms in total. The van der Waals surface area contributed by atoms with Gasteiger partial charge >= 0.3 is 5.97 Å². The predicted octanol–water partition coefficient (Wildman–Crippen LogP) is 8.39. The highest BCUT2D eigenvalue weighted by Gasteiger charge is 2.26. The number of aromatic amines is 1. The molecule has 4 heterocycles. The van der Waals surface area contributed by atoms with Crippen molar-refractivity contribution >= 4 is 33.6 Å². The molecule has 0 unspecified atom stereocenters. The fourth-order valence-corrected chi connectivity index (χ4v) is 6.90. The third-order valence-corrected chi connectivity index (χ3v) is 9.24. The van der Waals surface area contributed by atoms with Gasteiger partial charge < -0.3 is 14.1 Å². The molecular weight excluding hydrogens is 589 g/mol. The Kier molecular flexibility index (Phi) is 7.50. The Bertz CT molecular complexity index is 2230. The molecule has 0 bridgehead atoms. The highest BCUT2D eigenvalue weighted by Crippen LogP contribution is 2.37. The minimum atomic E-state index is -0.359. The van der Waals surface area contributed by atoms with E-state index in [9.17, 15) is 9.18 Å². The fraction of sp³-hybridized carbons (Fsp3) is 0.205. The Balaban J connectivity index is 1.09. The molecule has 1 aliphatic rings. The number of piperidine rings is 1. The van der Waals surface area contributed by atoms with Crippen LogP contribution in [0.3, 0.4) is 0 Å². The summed E-state index contributed by atoms with van der Waals surface area (Å²) < 4.78 is 21.4. The van der Waals surface area contributed by atoms with Crippen molar-refractivity contribution in [1.82, 2.24) is 24.3 Å². The van der Waals surface area contributed by atoms with Crippen molar-refractivity contribution in [2.24, 2.45) is 0 Å². The van der Waals surface area contributed by atoms with Gasteiger partial charge in [0.2, 0.25) is 0 Å². The molecule has 234 valence electrons. The number of fused-ring (bicyclic) bond motifs is 4. The summed E-state index contributed by atoms with van der Waals surface area (Å²) >= 11 is 0. The number of benzene rings is 4. The number of nitrogens with zero attached hydrogens (tertiary/aromatic N) is 4. The van der Waals surface area contributed by atoms with Crippen molar-refractivity contribution in [3.63, 3.8) is 0 Å². The zero-order valence-corrected chi connectivity index (χ0v) is 26.1. The lowest BCUT2D eigenvalue weighted by atomic mass is 9.95. The van der Waals surface area contributed by atoms with E-state index in [-0.39, 0.29) is 18.4 Å². The molecule has 1 aliphatic heterocycles. The van der Waals surface area contributed by atoms with Crippen LogP contribution in [0.25, 0.3) is 50.0 Å². The lowest BCUT2D eigenvalue weighted by Gasteiger charge is -2.31. The van der Waals surface area contributed by atoms with E-state index < -0.39 is 0 Å². The highest BCUT2D eigenvalue weighted by molar-refractivity contribution is 6.09. The lowest BCUT2D eigenvalue weighted by Crippen LogP contribution is -2.32. The number of ether oxygens (including phenoxy) is 1. The maximum absolute atomic E-state index is 13.7. The topological polar surface area (TPSA) is 75.5 Å². The van der Waals surface area contributed by atoms with Crippen LogP contribution in [0.1, 0.15) is 47.4 Å². The van der Waals surface area contributed by atoms with E-state index in [1.54, 1.807) is 6.07 Å². The molecule has 1 N–H and O–H groups in total. The van der Waals surface area contributed by atoms with Crippen molar-refractivity contribution in [2.75, 3.05) is 19.7 Å². The molecule has 0 radical (unpaired) electrons. The van der Waals surface area contributed by atoms with Crippen LogP contribution >= 0.6 is 0 Å². The molecule has 7 aromatic rings. The second-order valence-corrected chi connectivity index (χ2v) is 12.2. The van der Waals surface area contributed by atoms with Gasteiger partial charge in [-0.05, 0) is 74.3 Å². The molecule has 0 spiro atoms. The van der Waals surface area contributed by atoms with Crippen LogP contribution in [0, 0.1) is 5.82 Å². The third-order valence-electron chi connectivity index (χ3n) is 9.24. The number of rotatable bonds is 7. The number of carbonyl (C=O) groups is 1. The van der Waals surface area contributed by atoms with E-state index in [1.165, 1.54) is 17.7 Å². The summed E-state index contributed by atoms with van der Waals surface area (Å²) in [5.41, 5.74) is 9.27. The molecule has 1 saturated heterocycles. The molecule has 8 rings (SSSR count). The zero-order valence-electron chi connectivity index (χ0n) is 26.1. The number of hydrogen-bond donors (Lipinski definition) is 1. The molecule has 47 heavy (non-hydrogen) atoms. The van der Waals surface area contributed by atoms with Gasteiger partial charge in [0.05, 0.1) is 45.4 Å². The first-order valence-corrected chi connectivity index (χ1v) is 16.2. The van der Waals surface area contributed by atoms with Gasteiger partial charge in [0.15, 0.2) is 0 Å². The molecular formula is C39H34FN5O2. The minimum absolute atomic E-state index is 0.251. The van der Waals surface area contributed by atoms with Crippen LogP contribution in [0.2, 0.25) is 0 Å². The number of esters is 1. The van der Waals surface area contributed by atoms with Gasteiger partial charge in [-0.2, -0.15) is 0 Å². The Labute approximate surface area is 271 Å². The summed E-state index contributed by atoms with van der Waals surface area (Å²) in [6, 6.07) is 31.2. The Hall–Kier alpha value is -5.34. The van der Waals surface area contributed by atoms with Crippen LogP contribution in [-0.4, -0.2) is 49.9 Å². The minimum Gasteiger partial charge on any atom is -0.462 e. The first kappa shape index (κ1) is 29.1. The van der Waals surface area contributed by atoms with Crippen LogP contribution in [-0.2, 0) is 11.3 Å². The standard InChI is InChI=1S/C39H34FN5O2/c1-2-47-39(46)35-30(26-8-4-3-5-9-26)24-45-34-11-7-6-10-32(34)41-36(37(35)45)27-14-12-25(13-15-27)23-44-20-18-28(19-21-44)38-42-31-17-16-29(40)22-33(31)43-38/h3-17,22,24,28H,2,18-21,23H2,1H3,(H,42,43). The van der Waals surface area contributed by atoms with E-state index >= 15 is 0 Å². The fourth-order valence-electron chi connectivity index (χ4n) is 6.90. The lowest BCUT2D eigenvalue weighted by molar-refractivity contribution is 0.0529. The number of likely N-dealkylation sites (tertiary alicyclic amines) is 1. The van der Waals surface area contributed by atoms with Crippen LogP contribution < -0.4 is 0 Å². The first-order chi connectivity index (χ1) is 23.1. The van der Waals surface area contributed by atoms with E-state index in [4.69, 9.17) is 14.7 Å². The van der Waals surface area contributed by atoms with Gasteiger partial charge in [-0.25, -0.2) is 19.2 Å². The number of imidazole rings is 1. The molecule has 0 atom stereocenters. The van der Waals surface area contributed by atoms with Crippen molar-refractivity contribution in [2.45, 2.75) is 32.2 Å². The van der Waals surface area contributed by atoms with E-state index in [0.29, 0.717) is 11.5 Å². The van der Waals surface area contributed by atoms with Crippen molar-refractivity contribution in [3.8, 4) is 22.4 Å². The quantitative estimate of drug-likeness (QED) is 0.181. The van der Waals surface area contributed by atoms with Crippen molar-refractivity contribution in [1.29, 1.82) is 0 Å². The summed E-state index contributed by atoms with van der Waals surface area (Å²) in [5, 5.41) is 0. The van der Waals surface area contributed by atoms with Crippen LogP contribution in [0.5, 0.6) is 0 Å². The Morgan fingerprint density at radius 2 is 1.66 bits per heavy atom. The Morgan fingerprint density at radius 1 is 0.894 bits per heavy atom. The maximum atomic E-state index is 13.7. The maximum Gasteiger partial charge on any atom is 0.341 e. The number of halogens is 1. The second-order valence-electron chi connectivity index (χ2n) is 12.2. The van der Waals surface area contributed by atoms with Gasteiger partial charge in [0.25, 0.3) is 0 Å². The van der Waals surface area contributed by atoms with Gasteiger partial charge in [-0.15, -0.1) is 0 Å². The molecule has 1 fully saturated rings. The predicted molar refractivity (Wildman–Crippen MR) is 183 cm³/mol. The summed E-state index contributed by atoms with van der Waals surface area (Å²) in [6.07, 6.45) is 4.02. The van der Waals surface area contributed by atoms with E-state index in [0.717, 1.165) is 88.3 Å². The number of aromatic nitrogens is 4. The number of hydrogen-bond acceptors (Lipinski definition) is 5. The van der Waals surface area contributed by atoms with Crippen molar-refractivity contribution < 1.29 is 13.9 Å². The number of H-pyrrole nitrogens is 1. The molecule has 0 amide bonds. The average Bonchev–Trinajstić information content (AvgIpc) is 3.72. The second kappa shape index (κ2) is 12.1. The molecule has 8 heteroatoms. The van der Waals surface area contributed by atoms with E-state index in [2.05, 4.69) is 38.6 Å². The summed E-state index contributed by atoms with van der Waals surface area (Å²) in [7, 11) is 0. The first-order valence-electron chi connectivity index (χ1n) is 16.2. The molecule has 3 aromatic heterocycles. The van der Waals surface area contributed by atoms with Gasteiger partial charge in [-0.1, -0.05) is 66.7 Å². The molecule has 0 saturated carbocycles. The third kappa shape index (κ3) is 5.44. The zero-order chi connectivity index (χ0) is 31.9. The number of carbonyl (C=O) groups excluding carboxylic acids is 1. The molecule has 0 aliphatic carbocycles. The van der Waals surface area contributed by atoms with Gasteiger partial charge in [0, 0.05) is 29.8 Å². The summed E-state index contributed by atoms with van der Waals surface area (Å²) in [6.45, 7) is 4.87. The number of para-hydroxylation sites is 2. The SMILES string of the molecule is CCOC(=O)c1c(-c2ccccc2)cn2c1c(-c1ccc(CN3CCC(c4nc5ccc(F)cc5[nH]4)CC3)cc1)nc1ccccc12. The summed E-state index contributed by atoms with van der Waals surface area (Å²) in [4.78, 5) is 29.3. The van der Waals surface area contributed by atoms with Crippen LogP contribution in [0.4, 0.5) is 4.39 Å². The monoisotopic (exact) mass is 623 g/mol. The largest absolute Gasteiger partial charge is 0.462 e. The van der Waals surface area contributed by atoms with Crippen LogP contribution in [0.15, 0.2) is 103 Å². The highest BCUT2D eigenvalue weighted by atomic mass is 19.1. The Morgan fingerprint density at radius 3 is 2.45 bits per heavy atom. The molecule has 4 aromatic carbocycles. The average molecular weight is 624 g/mol. The van der Waals surface area contributed by atoms with E-state index in [1.807, 2.05) is 67.7 Å². The normalized spacial score (nSPS) is 14.3. The summed E-state index contributed by atoms with van der Waals surface area (Å²) in [5.74, 6) is 0.676. The van der Waals surface area contributed by atoms with Gasteiger partial charge in [-0.3, -0.25) is 4.90 Å². The van der Waals surface area contributed by atoms with Gasteiger partial charge in [0.1, 0.15) is 11.6 Å². The smallest absolute Gasteiger partial charge is 0.341 e. The number of nitrogens with one attached hydrogen (secondary N) is 1.